The molecule has 0 N–H and O–H groups in total. The first-order chi connectivity index (χ1) is 56.2. The highest BCUT2D eigenvalue weighted by Gasteiger charge is 2.42. The van der Waals surface area contributed by atoms with Crippen LogP contribution in [-0.2, 0) is 82.7 Å². The Labute approximate surface area is 696 Å². The molecule has 0 saturated heterocycles. The second-order valence-electron chi connectivity index (χ2n) is 39.3. The third-order valence-corrected chi connectivity index (χ3v) is 25.0. The minimum Gasteiger partial charge on any atom is -0.487 e. The fraction of sp³-hybridized carbons (Fsp3) is 0.296. The molecule has 4 aromatic heterocycles. The zero-order chi connectivity index (χ0) is 82.6. The van der Waals surface area contributed by atoms with Crippen LogP contribution >= 0.6 is 0 Å². The first-order valence-electron chi connectivity index (χ1n) is 42.2. The largest absolute Gasteiger partial charge is 0.487 e. The number of benzene rings is 13. The van der Waals surface area contributed by atoms with Crippen molar-refractivity contribution in [2.75, 3.05) is 0 Å². The first-order valence-corrected chi connectivity index (χ1v) is 42.2. The molecule has 0 unspecified atom stereocenters. The van der Waals surface area contributed by atoms with E-state index in [2.05, 4.69) is 422 Å². The molecule has 0 radical (unpaired) electrons. The van der Waals surface area contributed by atoms with Gasteiger partial charge in [-0.25, -0.2) is 18.5 Å². The van der Waals surface area contributed by atoms with Gasteiger partial charge in [-0.3, -0.25) is 0 Å². The zero-order valence-electron chi connectivity index (χ0n) is 72.2. The Balaban J connectivity index is 0.569. The molecule has 594 valence electrons. The molecule has 0 bridgehead atoms. The van der Waals surface area contributed by atoms with Crippen LogP contribution < -0.4 is 18.6 Å². The average Bonchev–Trinajstić information content (AvgIpc) is 0.709. The van der Waals surface area contributed by atoms with Crippen LogP contribution in [-0.4, -0.2) is 30.0 Å². The van der Waals surface area contributed by atoms with Crippen LogP contribution in [0.1, 0.15) is 214 Å². The summed E-state index contributed by atoms with van der Waals surface area (Å²) in [4.78, 5) is 0. The molecule has 118 heavy (non-hydrogen) atoms. The summed E-state index contributed by atoms with van der Waals surface area (Å²) in [7, 11) is 0. The summed E-state index contributed by atoms with van der Waals surface area (Å²) in [5.74, 6) is 1.54. The molecule has 10 heteroatoms. The predicted octanol–water partition coefficient (Wildman–Crippen LogP) is 24.3. The summed E-state index contributed by atoms with van der Waals surface area (Å²) in [6.45, 7) is 44.4. The second kappa shape index (κ2) is 29.6. The lowest BCUT2D eigenvalue weighted by atomic mass is 9.64. The summed E-state index contributed by atoms with van der Waals surface area (Å²) in [5.41, 5.74) is 17.8. The smallest absolute Gasteiger partial charge is 0.176 e. The number of rotatable bonds is 20. The van der Waals surface area contributed by atoms with E-state index in [0.29, 0.717) is 26.3 Å². The van der Waals surface area contributed by atoms with E-state index in [1.807, 2.05) is 21.8 Å². The standard InChI is InChI=1S/C108H112N8O2/c1-101(2,3)75-23-35-81(36-24-75)107(82-37-25-76(26-38-82)102(4,5)6,83-39-27-77(28-40-83)103(7,8)9)87-47-51-91(52-48-87)117-69-89-67-115(111-109-89)61-59-113-63-71-19-55-93-95-57-21-73-65-114(66-74-22-58-96(100(95)98(73)74)94-56-20-72(64-113)97(71)99(93)94)60-62-116-68-90(110-112-116)70-118-92-53-49-88(50-54-92)108(84-41-29-78(30-42-84)104(10,11)12,85-43-31-79(32-44-85)105(13,14)15)86-45-33-80(34-46-86)106(16,17)18/h19-58,63-68H,59-62,69-70H2,1-18H3/q+2. The predicted molar refractivity (Wildman–Crippen MR) is 485 cm³/mol. The Kier molecular flexibility index (Phi) is 19.7. The molecule has 0 amide bonds. The first kappa shape index (κ1) is 78.6. The quantitative estimate of drug-likeness (QED) is 0.0327. The third-order valence-electron chi connectivity index (χ3n) is 25.0. The highest BCUT2D eigenvalue weighted by atomic mass is 16.5. The van der Waals surface area contributed by atoms with E-state index in [0.717, 1.165) is 47.1 Å². The Morgan fingerprint density at radius 2 is 0.449 bits per heavy atom. The number of fused-ring (bicyclic) bond motifs is 2. The molecule has 0 saturated carbocycles. The van der Waals surface area contributed by atoms with Gasteiger partial charge in [-0.2, -0.15) is 0 Å². The Bertz CT molecular complexity index is 5680. The van der Waals surface area contributed by atoms with Gasteiger partial charge >= 0.3 is 0 Å². The van der Waals surface area contributed by atoms with Crippen molar-refractivity contribution in [3.63, 3.8) is 0 Å². The van der Waals surface area contributed by atoms with E-state index < -0.39 is 10.8 Å². The van der Waals surface area contributed by atoms with E-state index in [-0.39, 0.29) is 32.5 Å². The number of pyridine rings is 2. The summed E-state index contributed by atoms with van der Waals surface area (Å²) in [5, 5.41) is 33.5. The summed E-state index contributed by atoms with van der Waals surface area (Å²) >= 11 is 0. The van der Waals surface area contributed by atoms with Crippen molar-refractivity contribution in [3.8, 4) is 11.5 Å². The van der Waals surface area contributed by atoms with Crippen molar-refractivity contribution in [2.24, 2.45) is 0 Å². The number of aromatic nitrogens is 8. The summed E-state index contributed by atoms with van der Waals surface area (Å²) in [6.07, 6.45) is 13.2. The van der Waals surface area contributed by atoms with Gasteiger partial charge in [0.15, 0.2) is 37.9 Å². The Morgan fingerprint density at radius 1 is 0.246 bits per heavy atom. The molecule has 10 nitrogen and oxygen atoms in total. The van der Waals surface area contributed by atoms with Crippen LogP contribution in [0, 0.1) is 0 Å². The van der Waals surface area contributed by atoms with Crippen LogP contribution in [0.2, 0.25) is 0 Å². The summed E-state index contributed by atoms with van der Waals surface area (Å²) < 4.78 is 21.5. The Hall–Kier alpha value is -11.9. The lowest BCUT2D eigenvalue weighted by Crippen LogP contribution is -2.35. The highest BCUT2D eigenvalue weighted by molar-refractivity contribution is 6.39. The zero-order valence-corrected chi connectivity index (χ0v) is 72.2. The lowest BCUT2D eigenvalue weighted by molar-refractivity contribution is -0.696. The minimum absolute atomic E-state index is 0.0138. The van der Waals surface area contributed by atoms with Gasteiger partial charge in [0.2, 0.25) is 0 Å². The van der Waals surface area contributed by atoms with Gasteiger partial charge in [0.05, 0.1) is 23.2 Å². The molecule has 0 atom stereocenters. The summed E-state index contributed by atoms with van der Waals surface area (Å²) in [6, 6.07) is 92.0. The molecular formula is C108H112N8O2+2. The van der Waals surface area contributed by atoms with Gasteiger partial charge in [0.25, 0.3) is 0 Å². The van der Waals surface area contributed by atoms with Gasteiger partial charge in [-0.05, 0) is 191 Å². The van der Waals surface area contributed by atoms with Gasteiger partial charge in [0, 0.05) is 32.3 Å². The fourth-order valence-electron chi connectivity index (χ4n) is 18.2. The van der Waals surface area contributed by atoms with E-state index in [1.54, 1.807) is 0 Å². The number of hydrogen-bond donors (Lipinski definition) is 0. The molecule has 0 aliphatic carbocycles. The number of nitrogens with zero attached hydrogens (tertiary/aromatic N) is 8. The van der Waals surface area contributed by atoms with Crippen molar-refractivity contribution in [3.05, 3.63) is 369 Å². The molecule has 17 rings (SSSR count). The highest BCUT2D eigenvalue weighted by Crippen LogP contribution is 2.51. The van der Waals surface area contributed by atoms with E-state index in [1.165, 1.54) is 131 Å². The van der Waals surface area contributed by atoms with Crippen LogP contribution in [0.3, 0.4) is 0 Å². The van der Waals surface area contributed by atoms with Crippen molar-refractivity contribution in [1.82, 2.24) is 30.0 Å². The second-order valence-corrected chi connectivity index (χ2v) is 39.3. The van der Waals surface area contributed by atoms with Crippen molar-refractivity contribution in [2.45, 2.75) is 207 Å². The van der Waals surface area contributed by atoms with Gasteiger partial charge in [-0.1, -0.05) is 329 Å². The molecule has 4 heterocycles. The van der Waals surface area contributed by atoms with Crippen LogP contribution in [0.5, 0.6) is 11.5 Å². The van der Waals surface area contributed by atoms with Crippen LogP contribution in [0.4, 0.5) is 0 Å². The molecular weight excluding hydrogens is 1440 g/mol. The van der Waals surface area contributed by atoms with Crippen LogP contribution in [0.15, 0.2) is 280 Å². The number of hydrogen-bond acceptors (Lipinski definition) is 6. The van der Waals surface area contributed by atoms with Crippen LogP contribution in [0.25, 0.3) is 64.6 Å². The average molecular weight is 1550 g/mol. The monoisotopic (exact) mass is 1550 g/mol. The topological polar surface area (TPSA) is 87.6 Å². The molecule has 13 aromatic carbocycles. The number of ether oxygens (including phenoxy) is 2. The minimum atomic E-state index is -0.622. The maximum Gasteiger partial charge on any atom is 0.176 e. The van der Waals surface area contributed by atoms with Crippen molar-refractivity contribution >= 4 is 64.6 Å². The number of aryl methyl sites for hydroxylation is 4. The maximum atomic E-state index is 6.55. The van der Waals surface area contributed by atoms with Gasteiger partial charge in [-0.15, -0.1) is 10.2 Å². The lowest BCUT2D eigenvalue weighted by Gasteiger charge is -2.38. The fourth-order valence-corrected chi connectivity index (χ4v) is 18.2. The van der Waals surface area contributed by atoms with Gasteiger partial charge < -0.3 is 9.47 Å². The van der Waals surface area contributed by atoms with E-state index in [9.17, 15) is 0 Å². The van der Waals surface area contributed by atoms with Crippen molar-refractivity contribution in [1.29, 1.82) is 0 Å². The van der Waals surface area contributed by atoms with Crippen molar-refractivity contribution < 1.29 is 18.6 Å². The SMILES string of the molecule is CC(C)(C)c1ccc(C(c2ccc(OCc3cn(CC[n+]4cc5ccc6c7ccc8c[n+](CCn9cc(COc%10ccc(C(c%11ccc(C(C)(C)C)cc%11)(c%11ccc(C(C)(C)C)cc%11)c%11ccc(C(C)(C)C)cc%11)cc%10)nn9)cc9ccc(c%10ccc(c4)c5c6%10)c7c89)nn3)cc2)(c2ccc(C(C)(C)C)cc2)c2ccc(C(C)(C)C)cc2)cc1. The normalized spacial score (nSPS) is 13.0. The third kappa shape index (κ3) is 14.7. The van der Waals surface area contributed by atoms with E-state index >= 15 is 0 Å². The van der Waals surface area contributed by atoms with Gasteiger partial charge in [0.1, 0.15) is 49.2 Å². The Morgan fingerprint density at radius 3 is 0.661 bits per heavy atom. The molecule has 0 spiro atoms. The maximum absolute atomic E-state index is 6.55. The molecule has 0 fully saturated rings. The molecule has 17 aromatic rings. The molecule has 0 aliphatic heterocycles. The van der Waals surface area contributed by atoms with E-state index in [4.69, 9.17) is 9.47 Å². The molecule has 0 aliphatic rings.